The van der Waals surface area contributed by atoms with Crippen molar-refractivity contribution in [1.82, 2.24) is 44.1 Å². The van der Waals surface area contributed by atoms with Crippen LogP contribution in [-0.4, -0.2) is 133 Å². The molecule has 2 aliphatic rings. The van der Waals surface area contributed by atoms with Crippen LogP contribution in [0.15, 0.2) is 53.1 Å². The number of nitrogens with zero attached hydrogens (tertiary/aromatic N) is 8. The summed E-state index contributed by atoms with van der Waals surface area (Å²) in [6, 6.07) is 2.58. The number of phosphoric acid groups is 2. The molecule has 1 amide bonds. The van der Waals surface area contributed by atoms with Gasteiger partial charge in [-0.15, -0.1) is 0 Å². The van der Waals surface area contributed by atoms with E-state index in [2.05, 4.69) is 39.5 Å². The third-order valence-corrected chi connectivity index (χ3v) is 12.1. The van der Waals surface area contributed by atoms with Gasteiger partial charge in [-0.3, -0.25) is 37.5 Å². The van der Waals surface area contributed by atoms with Gasteiger partial charge in [-0.25, -0.2) is 43.4 Å². The molecule has 372 valence electrons. The number of amides is 1. The number of esters is 1. The summed E-state index contributed by atoms with van der Waals surface area (Å²) in [6.45, 7) is 3.26. The molecule has 2 saturated heterocycles. The molecule has 9 atom stereocenters. The molecule has 0 bridgehead atoms. The van der Waals surface area contributed by atoms with Crippen LogP contribution in [-0.2, 0) is 46.4 Å². The minimum absolute atomic E-state index is 0.0227. The minimum Gasteiger partial charge on any atom is -0.455 e. The second-order valence-electron chi connectivity index (χ2n) is 15.9. The van der Waals surface area contributed by atoms with Crippen LogP contribution in [0.25, 0.3) is 11.2 Å². The Kier molecular flexibility index (Phi) is 16.9. The summed E-state index contributed by atoms with van der Waals surface area (Å²) in [4.78, 5) is 99.9. The largest absolute Gasteiger partial charge is 0.472 e. The first-order valence-corrected chi connectivity index (χ1v) is 24.1. The van der Waals surface area contributed by atoms with E-state index in [1.807, 2.05) is 0 Å². The number of phosphoric ester groups is 2. The number of carbonyl (C=O) groups excluding carboxylic acids is 2. The molecule has 0 aromatic carbocycles. The molecule has 68 heavy (non-hydrogen) atoms. The van der Waals surface area contributed by atoms with Gasteiger partial charge in [-0.2, -0.15) is 4.98 Å². The van der Waals surface area contributed by atoms with Gasteiger partial charge in [0.15, 0.2) is 28.8 Å². The Hall–Kier alpha value is -5.27. The number of alkyl carbamates (subject to hydrolysis) is 1. The summed E-state index contributed by atoms with van der Waals surface area (Å²) in [6.07, 6.45) is -6.65. The maximum Gasteiger partial charge on any atom is 0.472 e. The number of fused-ring (bicyclic) bond motifs is 1. The van der Waals surface area contributed by atoms with Gasteiger partial charge < -0.3 is 55.5 Å². The van der Waals surface area contributed by atoms with Gasteiger partial charge in [-0.1, -0.05) is 0 Å². The summed E-state index contributed by atoms with van der Waals surface area (Å²) >= 11 is 0.933. The van der Waals surface area contributed by atoms with Crippen molar-refractivity contribution in [2.75, 3.05) is 31.2 Å². The van der Waals surface area contributed by atoms with E-state index in [9.17, 15) is 53.4 Å². The van der Waals surface area contributed by atoms with Crippen molar-refractivity contribution in [1.29, 1.82) is 0 Å². The number of carbonyl (C=O) groups is 2. The van der Waals surface area contributed by atoms with Crippen molar-refractivity contribution < 1.29 is 75.9 Å². The summed E-state index contributed by atoms with van der Waals surface area (Å²) < 4.78 is 68.6. The van der Waals surface area contributed by atoms with Gasteiger partial charge in [-0.05, 0) is 64.1 Å². The first-order chi connectivity index (χ1) is 32.0. The zero-order chi connectivity index (χ0) is 49.6. The quantitative estimate of drug-likeness (QED) is 0.0144. The number of nitrogens with one attached hydrogen (secondary N) is 2. The van der Waals surface area contributed by atoms with Crippen molar-refractivity contribution in [3.05, 3.63) is 63.8 Å². The van der Waals surface area contributed by atoms with Crippen LogP contribution in [0.1, 0.15) is 58.9 Å². The maximum absolute atomic E-state index is 14.0. The van der Waals surface area contributed by atoms with Crippen LogP contribution in [0.5, 0.6) is 0 Å². The lowest BCUT2D eigenvalue weighted by molar-refractivity contribution is -0.388. The Morgan fingerprint density at radius 2 is 1.81 bits per heavy atom. The lowest BCUT2D eigenvalue weighted by atomic mass is 10.1. The number of nitrogens with two attached hydrogens (primary N) is 2. The average Bonchev–Trinajstić information content (AvgIpc) is 3.94. The fourth-order valence-electron chi connectivity index (χ4n) is 6.78. The SMILES string of the molecule is CC(C)(C)OC(=O)N[C@H](CCCCNSc1ncccc1[N+](=O)[O-])C(=O)OC1C(COP(=O)(O)O[C@H]2C[C@H](n3ccc(N)nc3=O)O[C@@H]2COP(=O)(O)O)OC(n2cnc3c(N)ncnc32)C1O. The zero-order valence-electron chi connectivity index (χ0n) is 36.1. The van der Waals surface area contributed by atoms with Crippen LogP contribution in [0.2, 0.25) is 0 Å². The van der Waals surface area contributed by atoms with E-state index < -0.39 is 106 Å². The molecule has 0 aliphatic carbocycles. The second kappa shape index (κ2) is 22.0. The Labute approximate surface area is 388 Å². The molecule has 30 nitrogen and oxygen atoms in total. The highest BCUT2D eigenvalue weighted by atomic mass is 32.2. The van der Waals surface area contributed by atoms with E-state index in [-0.39, 0.29) is 59.3 Å². The Balaban J connectivity index is 1.19. The molecular weight excluding hydrogens is 970 g/mol. The van der Waals surface area contributed by atoms with E-state index in [0.717, 1.165) is 22.8 Å². The summed E-state index contributed by atoms with van der Waals surface area (Å²) in [5.74, 6) is -1.24. The van der Waals surface area contributed by atoms with E-state index in [1.165, 1.54) is 41.5 Å². The van der Waals surface area contributed by atoms with Gasteiger partial charge >= 0.3 is 39.1 Å². The third kappa shape index (κ3) is 13.9. The van der Waals surface area contributed by atoms with E-state index >= 15 is 0 Å². The number of ether oxygens (including phenoxy) is 4. The van der Waals surface area contributed by atoms with E-state index in [4.69, 9.17) is 39.5 Å². The number of pyridine rings is 1. The van der Waals surface area contributed by atoms with Crippen molar-refractivity contribution in [3.8, 4) is 0 Å². The number of rotatable bonds is 21. The standard InChI is InChI=1S/C35H48N12O18P2S/c1-35(2,3)64-34(51)43-18(7-4-5-11-42-68-30-19(47(52)53)8-6-10-38-30)32(49)63-27-22(62-31(26(27)48)46-17-41-25-28(37)39-16-40-29(25)46)15-60-67(57,58)65-20-13-24(45-12-9-23(36)44-33(45)50)61-21(20)14-59-66(54,55)56/h6,8-10,12,16-18,20-22,24,26-27,31,42,48H,4-5,7,11,13-15H2,1-3H3,(H,43,51)(H,57,58)(H2,36,44,50)(H2,37,39,40)(H2,54,55,56)/t18-,20+,21-,22?,24-,26?,27?,31?/m1/s1. The van der Waals surface area contributed by atoms with Crippen molar-refractivity contribution in [2.24, 2.45) is 0 Å². The van der Waals surface area contributed by atoms with Gasteiger partial charge in [0.1, 0.15) is 59.9 Å². The molecular formula is C35H48N12O18P2S. The van der Waals surface area contributed by atoms with E-state index in [0.29, 0.717) is 6.42 Å². The highest BCUT2D eigenvalue weighted by Crippen LogP contribution is 2.50. The number of imidazole rings is 1. The topological polar surface area (TPSA) is 424 Å². The molecule has 33 heteroatoms. The Bertz CT molecular complexity index is 2600. The predicted molar refractivity (Wildman–Crippen MR) is 231 cm³/mol. The number of aromatic nitrogens is 7. The minimum atomic E-state index is -5.28. The fraction of sp³-hybridized carbons (Fsp3) is 0.543. The summed E-state index contributed by atoms with van der Waals surface area (Å²) in [7, 11) is -10.4. The average molecular weight is 1020 g/mol. The number of unbranched alkanes of at least 4 members (excludes halogenated alkanes) is 1. The van der Waals surface area contributed by atoms with Gasteiger partial charge in [0.2, 0.25) is 0 Å². The zero-order valence-corrected chi connectivity index (χ0v) is 38.8. The number of nitro groups is 1. The van der Waals surface area contributed by atoms with Crippen molar-refractivity contribution in [2.45, 2.75) is 106 Å². The molecule has 2 fully saturated rings. The van der Waals surface area contributed by atoms with Crippen LogP contribution >= 0.6 is 27.6 Å². The van der Waals surface area contributed by atoms with Crippen molar-refractivity contribution >= 4 is 68.1 Å². The van der Waals surface area contributed by atoms with Crippen molar-refractivity contribution in [3.63, 3.8) is 0 Å². The number of aliphatic hydroxyl groups is 1. The van der Waals surface area contributed by atoms with Gasteiger partial charge in [0.05, 0.1) is 24.5 Å². The van der Waals surface area contributed by atoms with Crippen LogP contribution in [0, 0.1) is 10.1 Å². The molecule has 5 unspecified atom stereocenters. The third-order valence-electron chi connectivity index (χ3n) is 9.76. The van der Waals surface area contributed by atoms with E-state index in [1.54, 1.807) is 20.8 Å². The van der Waals surface area contributed by atoms with Gasteiger partial charge in [0, 0.05) is 31.4 Å². The number of nitrogen functional groups attached to an aromatic ring is 2. The Morgan fingerprint density at radius 1 is 1.06 bits per heavy atom. The molecule has 6 heterocycles. The summed E-state index contributed by atoms with van der Waals surface area (Å²) in [5, 5.41) is 25.7. The first kappa shape index (κ1) is 52.1. The number of hydrogen-bond donors (Lipinski definition) is 8. The van der Waals surface area contributed by atoms with Gasteiger partial charge in [0.25, 0.3) is 0 Å². The molecule has 0 radical (unpaired) electrons. The molecule has 2 aliphatic heterocycles. The van der Waals surface area contributed by atoms with Crippen LogP contribution in [0.3, 0.4) is 0 Å². The molecule has 0 saturated carbocycles. The number of aliphatic hydroxyl groups excluding tert-OH is 1. The second-order valence-corrected chi connectivity index (χ2v) is 19.4. The first-order valence-electron chi connectivity index (χ1n) is 20.3. The summed E-state index contributed by atoms with van der Waals surface area (Å²) in [5.41, 5.74) is 9.67. The molecule has 10 N–H and O–H groups in total. The number of anilines is 2. The van der Waals surface area contributed by atoms with Crippen LogP contribution in [0.4, 0.5) is 22.1 Å². The maximum atomic E-state index is 14.0. The van der Waals surface area contributed by atoms with Crippen LogP contribution < -0.4 is 27.2 Å². The predicted octanol–water partition coefficient (Wildman–Crippen LogP) is 0.980. The Morgan fingerprint density at radius 3 is 2.51 bits per heavy atom. The smallest absolute Gasteiger partial charge is 0.455 e. The molecule has 6 rings (SSSR count). The number of hydrogen-bond acceptors (Lipinski definition) is 24. The normalized spacial score (nSPS) is 23.2. The highest BCUT2D eigenvalue weighted by molar-refractivity contribution is 7.97. The fourth-order valence-corrected chi connectivity index (χ4v) is 8.83. The highest BCUT2D eigenvalue weighted by Gasteiger charge is 2.50. The monoisotopic (exact) mass is 1020 g/mol. The lowest BCUT2D eigenvalue weighted by Crippen LogP contribution is -2.47. The molecule has 4 aromatic rings. The molecule has 4 aromatic heterocycles. The molecule has 0 spiro atoms. The lowest BCUT2D eigenvalue weighted by Gasteiger charge is -2.26.